The van der Waals surface area contributed by atoms with E-state index in [4.69, 9.17) is 4.74 Å². The van der Waals surface area contributed by atoms with Crippen LogP contribution in [0.5, 0.6) is 5.75 Å². The number of ether oxygens (including phenoxy) is 1. The summed E-state index contributed by atoms with van der Waals surface area (Å²) in [4.78, 5) is 9.00. The van der Waals surface area contributed by atoms with Crippen LogP contribution in [-0.4, -0.2) is 40.4 Å². The van der Waals surface area contributed by atoms with Gasteiger partial charge < -0.3 is 15.4 Å². The molecule has 0 bridgehead atoms. The minimum atomic E-state index is -0.928. The van der Waals surface area contributed by atoms with Gasteiger partial charge >= 0.3 is 0 Å². The minimum Gasteiger partial charge on any atom is -0.492 e. The van der Waals surface area contributed by atoms with Crippen molar-refractivity contribution >= 4 is 29.9 Å². The van der Waals surface area contributed by atoms with Crippen LogP contribution in [0.3, 0.4) is 0 Å². The van der Waals surface area contributed by atoms with Crippen molar-refractivity contribution in [3.05, 3.63) is 41.5 Å². The number of nitrogens with zero attached hydrogens (tertiary/aromatic N) is 4. The van der Waals surface area contributed by atoms with Gasteiger partial charge in [-0.15, -0.1) is 24.0 Å². The van der Waals surface area contributed by atoms with Crippen LogP contribution in [0.15, 0.2) is 23.2 Å². The number of benzene rings is 1. The molecule has 1 aliphatic rings. The molecule has 10 heteroatoms. The number of guanidine groups is 1. The molecule has 0 radical (unpaired) electrons. The lowest BCUT2D eigenvalue weighted by molar-refractivity contribution is 0.324. The number of aryl methyl sites for hydroxylation is 2. The van der Waals surface area contributed by atoms with E-state index in [1.54, 1.807) is 0 Å². The lowest BCUT2D eigenvalue weighted by Gasteiger charge is -2.25. The van der Waals surface area contributed by atoms with Crippen LogP contribution in [0, 0.1) is 18.6 Å². The molecule has 28 heavy (non-hydrogen) atoms. The average molecular weight is 506 g/mol. The van der Waals surface area contributed by atoms with E-state index in [9.17, 15) is 8.78 Å². The molecule has 2 N–H and O–H groups in total. The molecule has 1 aromatic carbocycles. The Hall–Kier alpha value is -1.98. The molecule has 0 amide bonds. The van der Waals surface area contributed by atoms with Gasteiger partial charge in [-0.3, -0.25) is 0 Å². The van der Waals surface area contributed by atoms with Crippen LogP contribution in [0.2, 0.25) is 0 Å². The SMILES string of the molecule is CCNC(=NCCOc1ccc(F)c(F)c1)NC1CCCn2nc(C)nc21.I. The number of hydrogen-bond acceptors (Lipinski definition) is 4. The predicted octanol–water partition coefficient (Wildman–Crippen LogP) is 2.95. The summed E-state index contributed by atoms with van der Waals surface area (Å²) >= 11 is 0. The van der Waals surface area contributed by atoms with E-state index in [-0.39, 0.29) is 42.4 Å². The highest BCUT2D eigenvalue weighted by Crippen LogP contribution is 2.22. The first-order valence-corrected chi connectivity index (χ1v) is 9.11. The normalized spacial score (nSPS) is 16.1. The van der Waals surface area contributed by atoms with E-state index in [0.717, 1.165) is 43.2 Å². The third kappa shape index (κ3) is 5.76. The van der Waals surface area contributed by atoms with Gasteiger partial charge in [0.25, 0.3) is 0 Å². The molecule has 0 saturated carbocycles. The fraction of sp³-hybridized carbons (Fsp3) is 0.500. The molecule has 1 aliphatic heterocycles. The molecule has 154 valence electrons. The van der Waals surface area contributed by atoms with Crippen LogP contribution in [-0.2, 0) is 6.54 Å². The molecule has 1 atom stereocenters. The maximum Gasteiger partial charge on any atom is 0.191 e. The summed E-state index contributed by atoms with van der Waals surface area (Å²) in [6.07, 6.45) is 1.97. The average Bonchev–Trinajstić information content (AvgIpc) is 3.03. The van der Waals surface area contributed by atoms with Crippen molar-refractivity contribution < 1.29 is 13.5 Å². The highest BCUT2D eigenvalue weighted by Gasteiger charge is 2.24. The van der Waals surface area contributed by atoms with Crippen LogP contribution in [0.4, 0.5) is 8.78 Å². The summed E-state index contributed by atoms with van der Waals surface area (Å²) in [5.41, 5.74) is 0. The largest absolute Gasteiger partial charge is 0.492 e. The van der Waals surface area contributed by atoms with Gasteiger partial charge in [0.05, 0.1) is 12.6 Å². The third-order valence-corrected chi connectivity index (χ3v) is 4.16. The Balaban J connectivity index is 0.00000280. The van der Waals surface area contributed by atoms with Crippen molar-refractivity contribution in [1.29, 1.82) is 0 Å². The molecule has 7 nitrogen and oxygen atoms in total. The van der Waals surface area contributed by atoms with E-state index in [1.807, 2.05) is 18.5 Å². The zero-order valence-corrected chi connectivity index (χ0v) is 18.2. The first-order chi connectivity index (χ1) is 13.1. The van der Waals surface area contributed by atoms with Crippen LogP contribution in [0.1, 0.15) is 37.5 Å². The van der Waals surface area contributed by atoms with Gasteiger partial charge in [-0.1, -0.05) is 0 Å². The number of fused-ring (bicyclic) bond motifs is 1. The van der Waals surface area contributed by atoms with E-state index in [0.29, 0.717) is 19.0 Å². The van der Waals surface area contributed by atoms with Gasteiger partial charge in [-0.05, 0) is 38.8 Å². The van der Waals surface area contributed by atoms with Crippen LogP contribution in [0.25, 0.3) is 0 Å². The topological polar surface area (TPSA) is 76.4 Å². The second-order valence-electron chi connectivity index (χ2n) is 6.26. The highest BCUT2D eigenvalue weighted by molar-refractivity contribution is 14.0. The van der Waals surface area contributed by atoms with Crippen molar-refractivity contribution in [1.82, 2.24) is 25.4 Å². The quantitative estimate of drug-likeness (QED) is 0.273. The van der Waals surface area contributed by atoms with E-state index in [2.05, 4.69) is 25.7 Å². The van der Waals surface area contributed by atoms with Gasteiger partial charge in [-0.25, -0.2) is 23.4 Å². The molecule has 2 aromatic rings. The Morgan fingerprint density at radius 2 is 2.18 bits per heavy atom. The van der Waals surface area contributed by atoms with Gasteiger partial charge in [-0.2, -0.15) is 5.10 Å². The van der Waals surface area contributed by atoms with Crippen molar-refractivity contribution in [3.8, 4) is 5.75 Å². The number of halogens is 3. The number of hydrogen-bond donors (Lipinski definition) is 2. The number of aromatic nitrogens is 3. The minimum absolute atomic E-state index is 0. The summed E-state index contributed by atoms with van der Waals surface area (Å²) in [5, 5.41) is 11.0. The van der Waals surface area contributed by atoms with Crippen molar-refractivity contribution in [2.24, 2.45) is 4.99 Å². The number of aliphatic imine (C=N–C) groups is 1. The summed E-state index contributed by atoms with van der Waals surface area (Å²) in [5.74, 6) is 0.795. The Labute approximate surface area is 180 Å². The molecule has 0 spiro atoms. The molecular formula is C18H25F2IN6O. The van der Waals surface area contributed by atoms with Gasteiger partial charge in [0.2, 0.25) is 0 Å². The van der Waals surface area contributed by atoms with Crippen LogP contribution >= 0.6 is 24.0 Å². The van der Waals surface area contributed by atoms with Crippen molar-refractivity contribution in [2.45, 2.75) is 39.3 Å². The predicted molar refractivity (Wildman–Crippen MR) is 113 cm³/mol. The molecule has 0 aliphatic carbocycles. The third-order valence-electron chi connectivity index (χ3n) is 4.16. The first kappa shape index (κ1) is 22.3. The maximum absolute atomic E-state index is 13.2. The van der Waals surface area contributed by atoms with Crippen molar-refractivity contribution in [2.75, 3.05) is 19.7 Å². The van der Waals surface area contributed by atoms with Gasteiger partial charge in [0.15, 0.2) is 17.6 Å². The number of nitrogens with one attached hydrogen (secondary N) is 2. The van der Waals surface area contributed by atoms with Gasteiger partial charge in [0, 0.05) is 19.2 Å². The Kier molecular flexibility index (Phi) is 8.39. The fourth-order valence-electron chi connectivity index (χ4n) is 2.98. The molecule has 1 aromatic heterocycles. The Morgan fingerprint density at radius 3 is 2.93 bits per heavy atom. The second-order valence-corrected chi connectivity index (χ2v) is 6.26. The summed E-state index contributed by atoms with van der Waals surface area (Å²) < 4.78 is 33.5. The maximum atomic E-state index is 13.2. The molecule has 3 rings (SSSR count). The lowest BCUT2D eigenvalue weighted by atomic mass is 10.1. The number of rotatable bonds is 6. The zero-order valence-electron chi connectivity index (χ0n) is 15.9. The highest BCUT2D eigenvalue weighted by atomic mass is 127. The fourth-order valence-corrected chi connectivity index (χ4v) is 2.98. The van der Waals surface area contributed by atoms with Crippen molar-refractivity contribution in [3.63, 3.8) is 0 Å². The smallest absolute Gasteiger partial charge is 0.191 e. The molecule has 0 saturated heterocycles. The molecular weight excluding hydrogens is 481 g/mol. The molecule has 0 fully saturated rings. The summed E-state index contributed by atoms with van der Waals surface area (Å²) in [6, 6.07) is 3.51. The Morgan fingerprint density at radius 1 is 1.36 bits per heavy atom. The molecule has 1 unspecified atom stereocenters. The van der Waals surface area contributed by atoms with Crippen LogP contribution < -0.4 is 15.4 Å². The van der Waals surface area contributed by atoms with E-state index in [1.165, 1.54) is 6.07 Å². The lowest BCUT2D eigenvalue weighted by Crippen LogP contribution is -2.41. The van der Waals surface area contributed by atoms with E-state index < -0.39 is 11.6 Å². The van der Waals surface area contributed by atoms with Gasteiger partial charge in [0.1, 0.15) is 24.0 Å². The second kappa shape index (κ2) is 10.5. The molecule has 2 heterocycles. The standard InChI is InChI=1S/C18H24F2N6O.HI/c1-3-21-18(22-8-10-27-13-6-7-14(19)15(20)11-13)24-16-5-4-9-26-17(16)23-12(2)25-26;/h6-7,11,16H,3-5,8-10H2,1-2H3,(H2,21,22,24);1H. The van der Waals surface area contributed by atoms with E-state index >= 15 is 0 Å². The monoisotopic (exact) mass is 506 g/mol. The Bertz CT molecular complexity index is 813. The first-order valence-electron chi connectivity index (χ1n) is 9.11. The summed E-state index contributed by atoms with van der Waals surface area (Å²) in [7, 11) is 0. The summed E-state index contributed by atoms with van der Waals surface area (Å²) in [6.45, 7) is 6.09. The zero-order chi connectivity index (χ0) is 19.2.